The summed E-state index contributed by atoms with van der Waals surface area (Å²) < 4.78 is 59.9. The molecular weight excluding hydrogens is 398 g/mol. The molecule has 1 aliphatic rings. The van der Waals surface area contributed by atoms with Crippen molar-refractivity contribution in [1.29, 1.82) is 0 Å². The number of rotatable bonds is 5. The Hall–Kier alpha value is -1.74. The van der Waals surface area contributed by atoms with Crippen LogP contribution in [0.5, 0.6) is 5.75 Å². The van der Waals surface area contributed by atoms with Crippen molar-refractivity contribution in [2.75, 3.05) is 20.2 Å². The van der Waals surface area contributed by atoms with Crippen LogP contribution in [0, 0.1) is 11.6 Å². The van der Waals surface area contributed by atoms with Gasteiger partial charge in [-0.15, -0.1) is 12.4 Å². The lowest BCUT2D eigenvalue weighted by Gasteiger charge is -2.33. The summed E-state index contributed by atoms with van der Waals surface area (Å²) in [5.41, 5.74) is 0.577. The zero-order chi connectivity index (χ0) is 18.7. The Bertz CT molecular complexity index is 879. The number of hydrogen-bond acceptors (Lipinski definition) is 4. The van der Waals surface area contributed by atoms with E-state index < -0.39 is 27.7 Å². The summed E-state index contributed by atoms with van der Waals surface area (Å²) in [6.07, 6.45) is 0.612. The molecule has 1 heterocycles. The highest BCUT2D eigenvalue weighted by Crippen LogP contribution is 2.28. The maximum absolute atomic E-state index is 13.6. The molecule has 1 fully saturated rings. The van der Waals surface area contributed by atoms with Gasteiger partial charge in [0.15, 0.2) is 11.6 Å². The highest BCUT2D eigenvalue weighted by atomic mass is 35.5. The molecule has 2 aromatic carbocycles. The molecule has 9 heteroatoms. The van der Waals surface area contributed by atoms with Crippen LogP contribution in [0.2, 0.25) is 0 Å². The van der Waals surface area contributed by atoms with Crippen LogP contribution in [0.1, 0.15) is 17.9 Å². The summed E-state index contributed by atoms with van der Waals surface area (Å²) in [5, 5.41) is 3.14. The van der Waals surface area contributed by atoms with Gasteiger partial charge in [0, 0.05) is 18.5 Å². The van der Waals surface area contributed by atoms with Crippen molar-refractivity contribution in [3.05, 3.63) is 59.7 Å². The van der Waals surface area contributed by atoms with Gasteiger partial charge in [-0.05, 0) is 54.9 Å². The molecule has 0 amide bonds. The van der Waals surface area contributed by atoms with Crippen molar-refractivity contribution in [1.82, 2.24) is 10.0 Å². The summed E-state index contributed by atoms with van der Waals surface area (Å²) in [6, 6.07) is 9.31. The van der Waals surface area contributed by atoms with Gasteiger partial charge in [-0.3, -0.25) is 0 Å². The van der Waals surface area contributed by atoms with Crippen molar-refractivity contribution >= 4 is 22.4 Å². The number of nitrogens with one attached hydrogen (secondary N) is 2. The van der Waals surface area contributed by atoms with Crippen LogP contribution in [0.3, 0.4) is 0 Å². The van der Waals surface area contributed by atoms with Crippen LogP contribution in [-0.2, 0) is 10.0 Å². The van der Waals surface area contributed by atoms with E-state index in [1.807, 2.05) is 0 Å². The highest BCUT2D eigenvalue weighted by molar-refractivity contribution is 7.89. The van der Waals surface area contributed by atoms with E-state index in [-0.39, 0.29) is 23.2 Å². The van der Waals surface area contributed by atoms with E-state index in [2.05, 4.69) is 10.0 Å². The second-order valence-electron chi connectivity index (χ2n) is 6.18. The molecule has 0 aromatic heterocycles. The topological polar surface area (TPSA) is 67.4 Å². The van der Waals surface area contributed by atoms with Crippen LogP contribution in [0.4, 0.5) is 8.78 Å². The maximum atomic E-state index is 13.6. The molecule has 5 nitrogen and oxygen atoms in total. The molecule has 0 bridgehead atoms. The highest BCUT2D eigenvalue weighted by Gasteiger charge is 2.31. The molecule has 0 saturated carbocycles. The molecular formula is C18H21ClF2N2O3S. The number of hydrogen-bond donors (Lipinski definition) is 2. The Morgan fingerprint density at radius 1 is 1.11 bits per heavy atom. The lowest BCUT2D eigenvalue weighted by molar-refractivity contribution is 0.376. The molecule has 0 aliphatic carbocycles. The quantitative estimate of drug-likeness (QED) is 0.783. The molecule has 1 saturated heterocycles. The SMILES string of the molecule is COc1ccc(S(=O)(=O)NC2CNCCC2c2ccc(F)c(F)c2)cc1.Cl. The predicted molar refractivity (Wildman–Crippen MR) is 101 cm³/mol. The number of piperidine rings is 1. The number of ether oxygens (including phenoxy) is 1. The second-order valence-corrected chi connectivity index (χ2v) is 7.89. The number of benzene rings is 2. The Morgan fingerprint density at radius 2 is 1.81 bits per heavy atom. The van der Waals surface area contributed by atoms with Crippen molar-refractivity contribution in [2.45, 2.75) is 23.3 Å². The van der Waals surface area contributed by atoms with E-state index in [9.17, 15) is 17.2 Å². The summed E-state index contributed by atoms with van der Waals surface area (Å²) in [7, 11) is -2.26. The minimum Gasteiger partial charge on any atom is -0.497 e. The zero-order valence-electron chi connectivity index (χ0n) is 14.6. The third kappa shape index (κ3) is 4.95. The summed E-state index contributed by atoms with van der Waals surface area (Å²) in [4.78, 5) is 0.118. The number of halogens is 3. The van der Waals surface area contributed by atoms with Gasteiger partial charge < -0.3 is 10.1 Å². The fourth-order valence-corrected chi connectivity index (χ4v) is 4.42. The normalized spacial score (nSPS) is 20.0. The van der Waals surface area contributed by atoms with Gasteiger partial charge in [-0.1, -0.05) is 6.07 Å². The number of sulfonamides is 1. The number of methoxy groups -OCH3 is 1. The van der Waals surface area contributed by atoms with Crippen molar-refractivity contribution in [3.8, 4) is 5.75 Å². The van der Waals surface area contributed by atoms with Gasteiger partial charge in [0.1, 0.15) is 5.75 Å². The van der Waals surface area contributed by atoms with Crippen molar-refractivity contribution in [2.24, 2.45) is 0 Å². The lowest BCUT2D eigenvalue weighted by Crippen LogP contribution is -2.49. The molecule has 3 rings (SSSR count). The fourth-order valence-electron chi connectivity index (χ4n) is 3.15. The third-order valence-corrected chi connectivity index (χ3v) is 6.04. The Labute approximate surface area is 163 Å². The van der Waals surface area contributed by atoms with E-state index in [1.54, 1.807) is 12.1 Å². The van der Waals surface area contributed by atoms with Gasteiger partial charge in [0.2, 0.25) is 10.0 Å². The molecule has 27 heavy (non-hydrogen) atoms. The van der Waals surface area contributed by atoms with E-state index >= 15 is 0 Å². The first-order valence-corrected chi connectivity index (χ1v) is 9.71. The molecule has 2 aromatic rings. The first-order chi connectivity index (χ1) is 12.4. The molecule has 2 atom stereocenters. The van der Waals surface area contributed by atoms with E-state index in [0.717, 1.165) is 12.1 Å². The van der Waals surface area contributed by atoms with E-state index in [4.69, 9.17) is 4.74 Å². The predicted octanol–water partition coefficient (Wildman–Crippen LogP) is 2.82. The van der Waals surface area contributed by atoms with Gasteiger partial charge in [-0.25, -0.2) is 21.9 Å². The zero-order valence-corrected chi connectivity index (χ0v) is 16.2. The van der Waals surface area contributed by atoms with Crippen LogP contribution in [0.25, 0.3) is 0 Å². The second kappa shape index (κ2) is 8.97. The van der Waals surface area contributed by atoms with Gasteiger partial charge in [-0.2, -0.15) is 0 Å². The van der Waals surface area contributed by atoms with E-state index in [0.29, 0.717) is 30.8 Å². The Balaban J connectivity index is 0.00000261. The molecule has 148 valence electrons. The maximum Gasteiger partial charge on any atom is 0.240 e. The van der Waals surface area contributed by atoms with Crippen LogP contribution in [-0.4, -0.2) is 34.7 Å². The lowest BCUT2D eigenvalue weighted by atomic mass is 9.86. The van der Waals surface area contributed by atoms with Gasteiger partial charge >= 0.3 is 0 Å². The average Bonchev–Trinajstić information content (AvgIpc) is 2.64. The van der Waals surface area contributed by atoms with Crippen LogP contribution < -0.4 is 14.8 Å². The smallest absolute Gasteiger partial charge is 0.240 e. The minimum atomic E-state index is -3.76. The molecule has 0 spiro atoms. The molecule has 0 radical (unpaired) electrons. The summed E-state index contributed by atoms with van der Waals surface area (Å²) in [5.74, 6) is -1.54. The summed E-state index contributed by atoms with van der Waals surface area (Å²) >= 11 is 0. The summed E-state index contributed by atoms with van der Waals surface area (Å²) in [6.45, 7) is 1.07. The first-order valence-electron chi connectivity index (χ1n) is 8.23. The minimum absolute atomic E-state index is 0. The van der Waals surface area contributed by atoms with Gasteiger partial charge in [0.05, 0.1) is 12.0 Å². The van der Waals surface area contributed by atoms with Crippen LogP contribution in [0.15, 0.2) is 47.4 Å². The van der Waals surface area contributed by atoms with Crippen LogP contribution >= 0.6 is 12.4 Å². The third-order valence-electron chi connectivity index (χ3n) is 4.53. The first kappa shape index (κ1) is 21.6. The van der Waals surface area contributed by atoms with E-state index in [1.165, 1.54) is 25.3 Å². The van der Waals surface area contributed by atoms with Gasteiger partial charge in [0.25, 0.3) is 0 Å². The largest absolute Gasteiger partial charge is 0.497 e. The fraction of sp³-hybridized carbons (Fsp3) is 0.333. The Morgan fingerprint density at radius 3 is 2.44 bits per heavy atom. The van der Waals surface area contributed by atoms with Crippen molar-refractivity contribution < 1.29 is 21.9 Å². The molecule has 2 unspecified atom stereocenters. The molecule has 1 aliphatic heterocycles. The Kier molecular flexibility index (Phi) is 7.16. The monoisotopic (exact) mass is 418 g/mol. The molecule has 2 N–H and O–H groups in total. The average molecular weight is 419 g/mol. The standard InChI is InChI=1S/C18H20F2N2O3S.ClH/c1-25-13-3-5-14(6-4-13)26(23,24)22-18-11-21-9-8-15(18)12-2-7-16(19)17(20)10-12;/h2-7,10,15,18,21-22H,8-9,11H2,1H3;1H. The van der Waals surface area contributed by atoms with Crippen molar-refractivity contribution in [3.63, 3.8) is 0 Å².